The number of rotatable bonds is 5. The number of hydroxylamine groups is 1. The summed E-state index contributed by atoms with van der Waals surface area (Å²) in [6.07, 6.45) is 2.64. The molecule has 2 aromatic rings. The molecule has 1 saturated heterocycles. The Morgan fingerprint density at radius 1 is 1.43 bits per heavy atom. The van der Waals surface area contributed by atoms with Gasteiger partial charge in [-0.1, -0.05) is 11.8 Å². The van der Waals surface area contributed by atoms with Crippen molar-refractivity contribution in [3.63, 3.8) is 0 Å². The molecule has 2 heterocycles. The predicted molar refractivity (Wildman–Crippen MR) is 110 cm³/mol. The van der Waals surface area contributed by atoms with Crippen molar-refractivity contribution in [2.75, 3.05) is 19.5 Å². The van der Waals surface area contributed by atoms with Gasteiger partial charge in [-0.3, -0.25) is 14.7 Å². The number of nitrogens with two attached hydrogens (primary N) is 1. The van der Waals surface area contributed by atoms with E-state index in [9.17, 15) is 13.2 Å². The molecule has 0 aliphatic carbocycles. The number of hydrogen-bond acceptors (Lipinski definition) is 7. The van der Waals surface area contributed by atoms with Crippen LogP contribution in [0.15, 0.2) is 24.4 Å². The Kier molecular flexibility index (Phi) is 5.88. The maximum absolute atomic E-state index is 12.1. The standard InChI is InChI=1S/C20H22N4O5S/c1-19(18(25)23-26,30(2,27)28)9-10-24-12-16-11-15(6-7-17(16)22-24)5-3-4-8-20(21)13-29-14-20/h6-7,11-12,26H,9-10,13-14,21H2,1-2H3,(H,23,25). The van der Waals surface area contributed by atoms with Crippen molar-refractivity contribution in [1.82, 2.24) is 15.3 Å². The van der Waals surface area contributed by atoms with Crippen LogP contribution in [-0.4, -0.2) is 59.1 Å². The number of carbonyl (C=O) groups excluding carboxylic acids is 1. The third-order valence-electron chi connectivity index (χ3n) is 5.07. The summed E-state index contributed by atoms with van der Waals surface area (Å²) in [5, 5.41) is 14.1. The molecule has 30 heavy (non-hydrogen) atoms. The number of amides is 1. The highest BCUT2D eigenvalue weighted by Gasteiger charge is 2.43. The van der Waals surface area contributed by atoms with E-state index in [-0.39, 0.29) is 13.0 Å². The summed E-state index contributed by atoms with van der Waals surface area (Å²) in [7, 11) is -3.77. The molecule has 158 valence electrons. The largest absolute Gasteiger partial charge is 0.375 e. The molecular weight excluding hydrogens is 408 g/mol. The molecule has 9 nitrogen and oxygen atoms in total. The lowest BCUT2D eigenvalue weighted by Crippen LogP contribution is -2.56. The van der Waals surface area contributed by atoms with Gasteiger partial charge in [0, 0.05) is 29.9 Å². The zero-order valence-electron chi connectivity index (χ0n) is 16.6. The van der Waals surface area contributed by atoms with Crippen LogP contribution in [0.2, 0.25) is 0 Å². The van der Waals surface area contributed by atoms with Gasteiger partial charge < -0.3 is 10.5 Å². The van der Waals surface area contributed by atoms with Crippen LogP contribution in [0.5, 0.6) is 0 Å². The maximum Gasteiger partial charge on any atom is 0.264 e. The molecular formula is C20H22N4O5S. The van der Waals surface area contributed by atoms with Crippen LogP contribution < -0.4 is 11.2 Å². The summed E-state index contributed by atoms with van der Waals surface area (Å²) >= 11 is 0. The SMILES string of the molecule is CC(CCn1cc2cc(C#CC#CC3(N)COC3)ccc2n1)(C(=O)NO)S(C)(=O)=O. The van der Waals surface area contributed by atoms with Crippen LogP contribution >= 0.6 is 0 Å². The lowest BCUT2D eigenvalue weighted by Gasteiger charge is -2.32. The molecule has 0 bridgehead atoms. The average molecular weight is 430 g/mol. The summed E-state index contributed by atoms with van der Waals surface area (Å²) in [6.45, 7) is 2.25. The summed E-state index contributed by atoms with van der Waals surface area (Å²) in [6, 6.07) is 5.44. The molecule has 3 rings (SSSR count). The van der Waals surface area contributed by atoms with Crippen LogP contribution in [0.25, 0.3) is 10.9 Å². The lowest BCUT2D eigenvalue weighted by molar-refractivity contribution is -0.131. The monoisotopic (exact) mass is 430 g/mol. The van der Waals surface area contributed by atoms with E-state index in [1.807, 2.05) is 6.07 Å². The van der Waals surface area contributed by atoms with Crippen molar-refractivity contribution in [2.24, 2.45) is 5.73 Å². The molecule has 4 N–H and O–H groups in total. The minimum atomic E-state index is -3.77. The molecule has 1 aliphatic heterocycles. The molecule has 1 aliphatic rings. The van der Waals surface area contributed by atoms with Gasteiger partial charge in [0.1, 0.15) is 5.54 Å². The fourth-order valence-corrected chi connectivity index (χ4v) is 3.68. The molecule has 1 aromatic carbocycles. The number of nitrogens with one attached hydrogen (secondary N) is 1. The second-order valence-electron chi connectivity index (χ2n) is 7.51. The van der Waals surface area contributed by atoms with E-state index < -0.39 is 26.0 Å². The molecule has 1 atom stereocenters. The first-order valence-electron chi connectivity index (χ1n) is 9.07. The number of fused-ring (bicyclic) bond motifs is 1. The number of nitrogens with zero attached hydrogens (tertiary/aromatic N) is 2. The Hall–Kier alpha value is -2.89. The topological polar surface area (TPSA) is 137 Å². The van der Waals surface area contributed by atoms with Crippen molar-refractivity contribution in [3.8, 4) is 23.7 Å². The van der Waals surface area contributed by atoms with E-state index in [2.05, 4.69) is 28.8 Å². The Morgan fingerprint density at radius 2 is 2.17 bits per heavy atom. The summed E-state index contributed by atoms with van der Waals surface area (Å²) in [4.78, 5) is 11.9. The van der Waals surface area contributed by atoms with Crippen molar-refractivity contribution in [3.05, 3.63) is 30.0 Å². The Labute approximate surface area is 174 Å². The van der Waals surface area contributed by atoms with Crippen molar-refractivity contribution < 1.29 is 23.2 Å². The molecule has 1 unspecified atom stereocenters. The summed E-state index contributed by atoms with van der Waals surface area (Å²) in [5.74, 6) is 10.4. The molecule has 10 heteroatoms. The molecule has 0 radical (unpaired) electrons. The lowest BCUT2D eigenvalue weighted by atomic mass is 10.0. The van der Waals surface area contributed by atoms with Crippen LogP contribution in [0.3, 0.4) is 0 Å². The quantitative estimate of drug-likeness (QED) is 0.340. The molecule has 1 aromatic heterocycles. The van der Waals surface area contributed by atoms with Crippen LogP contribution in [-0.2, 0) is 25.9 Å². The van der Waals surface area contributed by atoms with Crippen molar-refractivity contribution in [2.45, 2.75) is 30.2 Å². The number of benzene rings is 1. The van der Waals surface area contributed by atoms with Gasteiger partial charge in [-0.05, 0) is 43.4 Å². The number of ether oxygens (including phenoxy) is 1. The minimum absolute atomic E-state index is 0.0565. The average Bonchev–Trinajstić information content (AvgIpc) is 3.08. The fraction of sp³-hybridized carbons (Fsp3) is 0.400. The maximum atomic E-state index is 12.1. The Bertz CT molecular complexity index is 1210. The Morgan fingerprint density at radius 3 is 2.77 bits per heavy atom. The van der Waals surface area contributed by atoms with Crippen molar-refractivity contribution in [1.29, 1.82) is 0 Å². The molecule has 0 spiro atoms. The van der Waals surface area contributed by atoms with E-state index in [1.54, 1.807) is 23.0 Å². The second-order valence-corrected chi connectivity index (χ2v) is 9.95. The van der Waals surface area contributed by atoms with Gasteiger partial charge in [-0.2, -0.15) is 5.10 Å². The smallest absolute Gasteiger partial charge is 0.264 e. The molecule has 0 saturated carbocycles. The first-order chi connectivity index (χ1) is 14.1. The summed E-state index contributed by atoms with van der Waals surface area (Å²) < 4.78 is 28.9. The van der Waals surface area contributed by atoms with Crippen LogP contribution in [0.1, 0.15) is 18.9 Å². The van der Waals surface area contributed by atoms with Gasteiger partial charge in [-0.15, -0.1) is 0 Å². The number of aromatic nitrogens is 2. The fourth-order valence-electron chi connectivity index (χ4n) is 2.84. The predicted octanol–water partition coefficient (Wildman–Crippen LogP) is -0.182. The molecule has 1 amide bonds. The Balaban J connectivity index is 1.75. The van der Waals surface area contributed by atoms with E-state index in [0.29, 0.717) is 18.7 Å². The minimum Gasteiger partial charge on any atom is -0.375 e. The van der Waals surface area contributed by atoms with E-state index in [1.165, 1.54) is 12.4 Å². The summed E-state index contributed by atoms with van der Waals surface area (Å²) in [5.41, 5.74) is 8.19. The molecule has 1 fully saturated rings. The number of aryl methyl sites for hydroxylation is 1. The second kappa shape index (κ2) is 8.09. The van der Waals surface area contributed by atoms with E-state index >= 15 is 0 Å². The normalized spacial score (nSPS) is 16.9. The third-order valence-corrected chi connectivity index (χ3v) is 7.10. The zero-order valence-corrected chi connectivity index (χ0v) is 17.4. The van der Waals surface area contributed by atoms with Gasteiger partial charge in [-0.25, -0.2) is 13.9 Å². The van der Waals surface area contributed by atoms with E-state index in [0.717, 1.165) is 17.2 Å². The zero-order chi connectivity index (χ0) is 22.0. The van der Waals surface area contributed by atoms with Crippen LogP contribution in [0.4, 0.5) is 0 Å². The first kappa shape index (κ1) is 21.8. The highest BCUT2D eigenvalue weighted by molar-refractivity contribution is 7.92. The number of carbonyl (C=O) groups is 1. The highest BCUT2D eigenvalue weighted by Crippen LogP contribution is 2.23. The van der Waals surface area contributed by atoms with E-state index in [4.69, 9.17) is 15.7 Å². The van der Waals surface area contributed by atoms with Gasteiger partial charge in [0.25, 0.3) is 5.91 Å². The third kappa shape index (κ3) is 4.48. The van der Waals surface area contributed by atoms with Crippen molar-refractivity contribution >= 4 is 26.6 Å². The van der Waals surface area contributed by atoms with Gasteiger partial charge in [0.2, 0.25) is 0 Å². The van der Waals surface area contributed by atoms with Gasteiger partial charge >= 0.3 is 0 Å². The van der Waals surface area contributed by atoms with Crippen LogP contribution in [0, 0.1) is 23.7 Å². The highest BCUT2D eigenvalue weighted by atomic mass is 32.2. The van der Waals surface area contributed by atoms with Gasteiger partial charge in [0.05, 0.1) is 18.7 Å². The number of sulfone groups is 1. The van der Waals surface area contributed by atoms with Gasteiger partial charge in [0.15, 0.2) is 14.6 Å². The first-order valence-corrected chi connectivity index (χ1v) is 11.0. The number of hydrogen-bond donors (Lipinski definition) is 3.